The Kier molecular flexibility index (Phi) is 5.30. The van der Waals surface area contributed by atoms with E-state index in [1.807, 2.05) is 18.2 Å². The van der Waals surface area contributed by atoms with Gasteiger partial charge in [-0.1, -0.05) is 41.4 Å². The lowest BCUT2D eigenvalue weighted by molar-refractivity contribution is -0.117. The van der Waals surface area contributed by atoms with Gasteiger partial charge in [-0.2, -0.15) is 0 Å². The molecule has 2 aromatic carbocycles. The lowest BCUT2D eigenvalue weighted by Gasteiger charge is -2.21. The zero-order chi connectivity index (χ0) is 18.0. The second-order valence-electron chi connectivity index (χ2n) is 6.07. The summed E-state index contributed by atoms with van der Waals surface area (Å²) in [5, 5.41) is 1.10. The number of hydrogen-bond donors (Lipinski definition) is 0. The molecule has 0 saturated carbocycles. The molecule has 1 saturated heterocycles. The average Bonchev–Trinajstić information content (AvgIpc) is 3.02. The van der Waals surface area contributed by atoms with Crippen LogP contribution in [0.2, 0.25) is 10.0 Å². The topological polar surface area (TPSA) is 40.6 Å². The maximum absolute atomic E-state index is 12.8. The number of rotatable bonds is 4. The van der Waals surface area contributed by atoms with Gasteiger partial charge in [0.1, 0.15) is 0 Å². The van der Waals surface area contributed by atoms with Gasteiger partial charge in [-0.15, -0.1) is 0 Å². The highest BCUT2D eigenvalue weighted by molar-refractivity contribution is 6.34. The highest BCUT2D eigenvalue weighted by atomic mass is 35.5. The van der Waals surface area contributed by atoms with E-state index in [0.29, 0.717) is 40.8 Å². The quantitative estimate of drug-likeness (QED) is 0.793. The van der Waals surface area contributed by atoms with Gasteiger partial charge in [-0.3, -0.25) is 9.59 Å². The second kappa shape index (κ2) is 7.46. The van der Waals surface area contributed by atoms with Crippen molar-refractivity contribution < 1.29 is 9.59 Å². The first-order valence-electron chi connectivity index (χ1n) is 8.06. The van der Waals surface area contributed by atoms with Crippen LogP contribution in [0.3, 0.4) is 0 Å². The maximum Gasteiger partial charge on any atom is 0.253 e. The second-order valence-corrected chi connectivity index (χ2v) is 6.88. The number of halogens is 2. The number of anilines is 1. The SMILES string of the molecule is CN(Cc1ccccc1Cl)C(=O)c1ccc(Cl)c(N2CCCC2=O)c1. The minimum atomic E-state index is -0.149. The van der Waals surface area contributed by atoms with Crippen molar-refractivity contribution in [2.45, 2.75) is 19.4 Å². The monoisotopic (exact) mass is 376 g/mol. The van der Waals surface area contributed by atoms with Crippen LogP contribution in [0, 0.1) is 0 Å². The van der Waals surface area contributed by atoms with Gasteiger partial charge in [0.05, 0.1) is 10.7 Å². The van der Waals surface area contributed by atoms with E-state index < -0.39 is 0 Å². The third-order valence-corrected chi connectivity index (χ3v) is 4.96. The number of hydrogen-bond acceptors (Lipinski definition) is 2. The Hall–Kier alpha value is -2.04. The first-order valence-corrected chi connectivity index (χ1v) is 8.82. The molecule has 0 atom stereocenters. The zero-order valence-corrected chi connectivity index (χ0v) is 15.3. The van der Waals surface area contributed by atoms with E-state index in [1.54, 1.807) is 41.1 Å². The minimum absolute atomic E-state index is 0.0379. The highest BCUT2D eigenvalue weighted by Gasteiger charge is 2.25. The molecule has 1 aliphatic rings. The van der Waals surface area contributed by atoms with Gasteiger partial charge < -0.3 is 9.80 Å². The van der Waals surface area contributed by atoms with Crippen molar-refractivity contribution in [2.24, 2.45) is 0 Å². The summed E-state index contributed by atoms with van der Waals surface area (Å²) in [5.74, 6) is -0.111. The third kappa shape index (κ3) is 3.80. The molecule has 2 amide bonds. The molecule has 0 unspecified atom stereocenters. The molecule has 6 heteroatoms. The van der Waals surface area contributed by atoms with E-state index in [-0.39, 0.29) is 11.8 Å². The Morgan fingerprint density at radius 3 is 2.60 bits per heavy atom. The number of carbonyl (C=O) groups is 2. The molecule has 1 aliphatic heterocycles. The summed E-state index contributed by atoms with van der Waals surface area (Å²) >= 11 is 12.4. The highest BCUT2D eigenvalue weighted by Crippen LogP contribution is 2.31. The van der Waals surface area contributed by atoms with Crippen molar-refractivity contribution in [1.29, 1.82) is 0 Å². The molecule has 0 aromatic heterocycles. The Morgan fingerprint density at radius 1 is 1.16 bits per heavy atom. The molecule has 4 nitrogen and oxygen atoms in total. The summed E-state index contributed by atoms with van der Waals surface area (Å²) in [6.45, 7) is 1.03. The standard InChI is InChI=1S/C19H18Cl2N2O2/c1-22(12-14-5-2-3-6-15(14)20)19(25)13-8-9-16(21)17(11-13)23-10-4-7-18(23)24/h2-3,5-6,8-9,11H,4,7,10,12H2,1H3. The summed E-state index contributed by atoms with van der Waals surface area (Å²) in [4.78, 5) is 28.0. The summed E-state index contributed by atoms with van der Waals surface area (Å²) in [6.07, 6.45) is 1.32. The summed E-state index contributed by atoms with van der Waals surface area (Å²) in [5.41, 5.74) is 1.97. The number of nitrogens with zero attached hydrogens (tertiary/aromatic N) is 2. The van der Waals surface area contributed by atoms with Crippen molar-refractivity contribution in [3.05, 3.63) is 63.6 Å². The van der Waals surface area contributed by atoms with Crippen LogP contribution in [0.4, 0.5) is 5.69 Å². The smallest absolute Gasteiger partial charge is 0.253 e. The summed E-state index contributed by atoms with van der Waals surface area (Å²) in [6, 6.07) is 12.5. The van der Waals surface area contributed by atoms with Crippen LogP contribution in [0.1, 0.15) is 28.8 Å². The molecular formula is C19H18Cl2N2O2. The van der Waals surface area contributed by atoms with Crippen LogP contribution in [0.15, 0.2) is 42.5 Å². The molecule has 25 heavy (non-hydrogen) atoms. The van der Waals surface area contributed by atoms with Gasteiger partial charge >= 0.3 is 0 Å². The van der Waals surface area contributed by atoms with Crippen LogP contribution >= 0.6 is 23.2 Å². The lowest BCUT2D eigenvalue weighted by Crippen LogP contribution is -2.28. The third-order valence-electron chi connectivity index (χ3n) is 4.27. The molecule has 0 radical (unpaired) electrons. The lowest BCUT2D eigenvalue weighted by atomic mass is 10.1. The van der Waals surface area contributed by atoms with Gasteiger partial charge in [0, 0.05) is 37.1 Å². The maximum atomic E-state index is 12.8. The Labute approximate surface area is 156 Å². The molecule has 0 aliphatic carbocycles. The Morgan fingerprint density at radius 2 is 1.92 bits per heavy atom. The summed E-state index contributed by atoms with van der Waals surface area (Å²) < 4.78 is 0. The molecule has 0 spiro atoms. The van der Waals surface area contributed by atoms with Crippen molar-refractivity contribution in [3.63, 3.8) is 0 Å². The van der Waals surface area contributed by atoms with E-state index >= 15 is 0 Å². The first-order chi connectivity index (χ1) is 12.0. The predicted octanol–water partition coefficient (Wildman–Crippen LogP) is 4.39. The fourth-order valence-electron chi connectivity index (χ4n) is 2.93. The number of carbonyl (C=O) groups excluding carboxylic acids is 2. The Bertz CT molecular complexity index is 823. The molecule has 1 heterocycles. The van der Waals surface area contributed by atoms with Gasteiger partial charge in [0.25, 0.3) is 5.91 Å². The predicted molar refractivity (Wildman–Crippen MR) is 100 cm³/mol. The fourth-order valence-corrected chi connectivity index (χ4v) is 3.34. The number of benzene rings is 2. The van der Waals surface area contributed by atoms with Crippen LogP contribution in [0.5, 0.6) is 0 Å². The van der Waals surface area contributed by atoms with Crippen molar-refractivity contribution in [2.75, 3.05) is 18.5 Å². The van der Waals surface area contributed by atoms with Gasteiger partial charge in [-0.25, -0.2) is 0 Å². The molecule has 1 fully saturated rings. The van der Waals surface area contributed by atoms with E-state index in [4.69, 9.17) is 23.2 Å². The zero-order valence-electron chi connectivity index (χ0n) is 13.8. The van der Waals surface area contributed by atoms with Crippen molar-refractivity contribution >= 4 is 40.7 Å². The number of amides is 2. The van der Waals surface area contributed by atoms with Gasteiger partial charge in [-0.05, 0) is 36.2 Å². The normalized spacial score (nSPS) is 14.0. The fraction of sp³-hybridized carbons (Fsp3) is 0.263. The molecule has 2 aromatic rings. The Balaban J connectivity index is 1.82. The molecule has 0 N–H and O–H groups in total. The van der Waals surface area contributed by atoms with E-state index in [0.717, 1.165) is 12.0 Å². The molecular weight excluding hydrogens is 359 g/mol. The van der Waals surface area contributed by atoms with Gasteiger partial charge in [0.2, 0.25) is 5.91 Å². The summed E-state index contributed by atoms with van der Waals surface area (Å²) in [7, 11) is 1.72. The molecule has 0 bridgehead atoms. The van der Waals surface area contributed by atoms with Crippen LogP contribution in [-0.4, -0.2) is 30.3 Å². The minimum Gasteiger partial charge on any atom is -0.337 e. The van der Waals surface area contributed by atoms with Crippen LogP contribution in [-0.2, 0) is 11.3 Å². The first kappa shape index (κ1) is 17.8. The largest absolute Gasteiger partial charge is 0.337 e. The van der Waals surface area contributed by atoms with E-state index in [9.17, 15) is 9.59 Å². The molecule has 3 rings (SSSR count). The van der Waals surface area contributed by atoms with Crippen molar-refractivity contribution in [3.8, 4) is 0 Å². The van der Waals surface area contributed by atoms with E-state index in [2.05, 4.69) is 0 Å². The van der Waals surface area contributed by atoms with Crippen molar-refractivity contribution in [1.82, 2.24) is 4.90 Å². The van der Waals surface area contributed by atoms with E-state index in [1.165, 1.54) is 0 Å². The van der Waals surface area contributed by atoms with Gasteiger partial charge in [0.15, 0.2) is 0 Å². The average molecular weight is 377 g/mol. The van der Waals surface area contributed by atoms with Crippen LogP contribution in [0.25, 0.3) is 0 Å². The molecule has 130 valence electrons. The van der Waals surface area contributed by atoms with Crippen LogP contribution < -0.4 is 4.90 Å².